The first-order chi connectivity index (χ1) is 9.93. The minimum atomic E-state index is -4.37. The molecule has 0 spiro atoms. The van der Waals surface area contributed by atoms with Crippen molar-refractivity contribution in [3.8, 4) is 0 Å². The van der Waals surface area contributed by atoms with E-state index in [1.165, 1.54) is 6.07 Å². The second kappa shape index (κ2) is 6.59. The van der Waals surface area contributed by atoms with E-state index in [2.05, 4.69) is 4.98 Å². The molecule has 1 aromatic carbocycles. The van der Waals surface area contributed by atoms with E-state index in [0.717, 1.165) is 12.1 Å². The van der Waals surface area contributed by atoms with Crippen molar-refractivity contribution in [3.63, 3.8) is 0 Å². The minimum absolute atomic E-state index is 0.367. The van der Waals surface area contributed by atoms with Crippen molar-refractivity contribution in [2.24, 2.45) is 0 Å². The molecule has 1 N–H and O–H groups in total. The maximum atomic E-state index is 12.7. The second-order valence-corrected chi connectivity index (χ2v) is 4.80. The third-order valence-electron chi connectivity index (χ3n) is 2.99. The molecule has 0 unspecified atom stereocenters. The zero-order valence-electron chi connectivity index (χ0n) is 11.4. The summed E-state index contributed by atoms with van der Waals surface area (Å²) < 4.78 is 50.3. The fourth-order valence-corrected chi connectivity index (χ4v) is 2.26. The van der Waals surface area contributed by atoms with E-state index in [1.54, 1.807) is 11.7 Å². The smallest absolute Gasteiger partial charge is 0.382 e. The first kappa shape index (κ1) is 16.0. The molecular weight excluding hydrogens is 305 g/mol. The molecule has 2 rings (SSSR count). The molecule has 1 heterocycles. The number of alkyl halides is 3. The molecule has 0 aliphatic rings. The minimum Gasteiger partial charge on any atom is -0.382 e. The number of hydrogen-bond donors (Lipinski definition) is 1. The van der Waals surface area contributed by atoms with Crippen molar-refractivity contribution in [1.29, 1.82) is 0 Å². The van der Waals surface area contributed by atoms with Crippen molar-refractivity contribution < 1.29 is 22.6 Å². The molecule has 1 aromatic heterocycles. The van der Waals surface area contributed by atoms with Gasteiger partial charge in [0.15, 0.2) is 4.77 Å². The van der Waals surface area contributed by atoms with Crippen molar-refractivity contribution in [1.82, 2.24) is 9.55 Å². The molecule has 0 aliphatic carbocycles. The van der Waals surface area contributed by atoms with Crippen LogP contribution in [0.25, 0.3) is 11.0 Å². The van der Waals surface area contributed by atoms with Gasteiger partial charge in [-0.2, -0.15) is 13.2 Å². The largest absolute Gasteiger partial charge is 0.416 e. The predicted octanol–water partition coefficient (Wildman–Crippen LogP) is 3.38. The van der Waals surface area contributed by atoms with Crippen molar-refractivity contribution in [2.75, 3.05) is 26.9 Å². The summed E-state index contributed by atoms with van der Waals surface area (Å²) >= 11 is 5.14. The normalized spacial score (nSPS) is 12.2. The Balaban J connectivity index is 2.17. The van der Waals surface area contributed by atoms with E-state index >= 15 is 0 Å². The second-order valence-electron chi connectivity index (χ2n) is 4.42. The highest BCUT2D eigenvalue weighted by Crippen LogP contribution is 2.31. The molecule has 2 aromatic rings. The SMILES string of the molecule is COCCOCCn1c(=S)[nH]c2cc(C(F)(F)F)ccc21. The summed E-state index contributed by atoms with van der Waals surface area (Å²) in [6, 6.07) is 3.53. The van der Waals surface area contributed by atoms with Gasteiger partial charge < -0.3 is 19.0 Å². The molecule has 0 bridgehead atoms. The van der Waals surface area contributed by atoms with Crippen LogP contribution in [0.5, 0.6) is 0 Å². The van der Waals surface area contributed by atoms with Crippen LogP contribution in [0.1, 0.15) is 5.56 Å². The van der Waals surface area contributed by atoms with Gasteiger partial charge in [0.2, 0.25) is 0 Å². The highest BCUT2D eigenvalue weighted by Gasteiger charge is 2.30. The average Bonchev–Trinajstić information content (AvgIpc) is 2.73. The molecule has 0 saturated heterocycles. The molecule has 21 heavy (non-hydrogen) atoms. The summed E-state index contributed by atoms with van der Waals surface area (Å²) in [6.07, 6.45) is -4.37. The summed E-state index contributed by atoms with van der Waals surface area (Å²) in [4.78, 5) is 2.79. The molecule has 116 valence electrons. The number of methoxy groups -OCH3 is 1. The van der Waals surface area contributed by atoms with Gasteiger partial charge in [-0.1, -0.05) is 0 Å². The van der Waals surface area contributed by atoms with Crippen LogP contribution in [0.2, 0.25) is 0 Å². The Hall–Kier alpha value is -1.38. The van der Waals surface area contributed by atoms with E-state index in [0.29, 0.717) is 42.2 Å². The standard InChI is InChI=1S/C13H15F3N2O2S/c1-19-6-7-20-5-4-18-11-3-2-9(13(14,15)16)8-10(11)17-12(18)21/h2-3,8H,4-7H2,1H3,(H,17,21). The lowest BCUT2D eigenvalue weighted by atomic mass is 10.2. The number of nitrogens with zero attached hydrogens (tertiary/aromatic N) is 1. The zero-order chi connectivity index (χ0) is 15.5. The molecule has 0 fully saturated rings. The van der Waals surface area contributed by atoms with Gasteiger partial charge in [0.1, 0.15) is 0 Å². The van der Waals surface area contributed by atoms with E-state index in [4.69, 9.17) is 21.7 Å². The monoisotopic (exact) mass is 320 g/mol. The van der Waals surface area contributed by atoms with Crippen LogP contribution in [-0.2, 0) is 22.2 Å². The fourth-order valence-electron chi connectivity index (χ4n) is 1.96. The number of halogens is 3. The Morgan fingerprint density at radius 1 is 1.24 bits per heavy atom. The van der Waals surface area contributed by atoms with Crippen molar-refractivity contribution in [2.45, 2.75) is 12.7 Å². The zero-order valence-corrected chi connectivity index (χ0v) is 12.2. The third-order valence-corrected chi connectivity index (χ3v) is 3.31. The number of aromatic nitrogens is 2. The average molecular weight is 320 g/mol. The summed E-state index contributed by atoms with van der Waals surface area (Å²) in [5, 5.41) is 0. The Bertz CT molecular complexity index is 663. The van der Waals surface area contributed by atoms with Gasteiger partial charge in [-0.05, 0) is 30.4 Å². The number of aromatic amines is 1. The summed E-state index contributed by atoms with van der Waals surface area (Å²) in [6.45, 7) is 1.83. The fraction of sp³-hybridized carbons (Fsp3) is 0.462. The van der Waals surface area contributed by atoms with Crippen LogP contribution in [0.15, 0.2) is 18.2 Å². The van der Waals surface area contributed by atoms with Gasteiger partial charge in [0.25, 0.3) is 0 Å². The molecule has 4 nitrogen and oxygen atoms in total. The lowest BCUT2D eigenvalue weighted by Gasteiger charge is -2.08. The van der Waals surface area contributed by atoms with E-state index in [1.807, 2.05) is 0 Å². The van der Waals surface area contributed by atoms with Crippen LogP contribution in [0.4, 0.5) is 13.2 Å². The number of nitrogens with one attached hydrogen (secondary N) is 1. The van der Waals surface area contributed by atoms with Crippen LogP contribution in [0, 0.1) is 4.77 Å². The van der Waals surface area contributed by atoms with Gasteiger partial charge in [-0.25, -0.2) is 0 Å². The van der Waals surface area contributed by atoms with Crippen LogP contribution in [-0.4, -0.2) is 36.5 Å². The van der Waals surface area contributed by atoms with Crippen LogP contribution in [0.3, 0.4) is 0 Å². The quantitative estimate of drug-likeness (QED) is 0.655. The number of ether oxygens (including phenoxy) is 2. The summed E-state index contributed by atoms with van der Waals surface area (Å²) in [5.41, 5.74) is 0.296. The van der Waals surface area contributed by atoms with Gasteiger partial charge in [-0.3, -0.25) is 0 Å². The third kappa shape index (κ3) is 3.84. The summed E-state index contributed by atoms with van der Waals surface area (Å²) in [5.74, 6) is 0. The molecule has 0 saturated carbocycles. The molecular formula is C13H15F3N2O2S. The maximum Gasteiger partial charge on any atom is 0.416 e. The van der Waals surface area contributed by atoms with Crippen molar-refractivity contribution >= 4 is 23.3 Å². The number of hydrogen-bond acceptors (Lipinski definition) is 3. The number of rotatable bonds is 6. The van der Waals surface area contributed by atoms with E-state index in [9.17, 15) is 13.2 Å². The Morgan fingerprint density at radius 2 is 2.00 bits per heavy atom. The van der Waals surface area contributed by atoms with Gasteiger partial charge in [0, 0.05) is 13.7 Å². The first-order valence-corrected chi connectivity index (χ1v) is 6.71. The van der Waals surface area contributed by atoms with Crippen LogP contribution < -0.4 is 0 Å². The van der Waals surface area contributed by atoms with E-state index in [-0.39, 0.29) is 0 Å². The van der Waals surface area contributed by atoms with Gasteiger partial charge >= 0.3 is 6.18 Å². The lowest BCUT2D eigenvalue weighted by Crippen LogP contribution is -2.09. The van der Waals surface area contributed by atoms with Gasteiger partial charge in [0.05, 0.1) is 36.4 Å². The first-order valence-electron chi connectivity index (χ1n) is 6.30. The Morgan fingerprint density at radius 3 is 2.67 bits per heavy atom. The van der Waals surface area contributed by atoms with Gasteiger partial charge in [-0.15, -0.1) is 0 Å². The number of benzene rings is 1. The number of H-pyrrole nitrogens is 1. The highest BCUT2D eigenvalue weighted by molar-refractivity contribution is 7.71. The predicted molar refractivity (Wildman–Crippen MR) is 74.8 cm³/mol. The molecule has 8 heteroatoms. The lowest BCUT2D eigenvalue weighted by molar-refractivity contribution is -0.137. The summed E-state index contributed by atoms with van der Waals surface area (Å²) in [7, 11) is 1.58. The molecule has 0 atom stereocenters. The Kier molecular flexibility index (Phi) is 5.02. The Labute approximate surface area is 124 Å². The van der Waals surface area contributed by atoms with Crippen LogP contribution >= 0.6 is 12.2 Å². The number of fused-ring (bicyclic) bond motifs is 1. The van der Waals surface area contributed by atoms with Crippen molar-refractivity contribution in [3.05, 3.63) is 28.5 Å². The topological polar surface area (TPSA) is 39.2 Å². The molecule has 0 amide bonds. The number of imidazole rings is 1. The molecule has 0 radical (unpaired) electrons. The maximum absolute atomic E-state index is 12.7. The molecule has 0 aliphatic heterocycles. The highest BCUT2D eigenvalue weighted by atomic mass is 32.1. The van der Waals surface area contributed by atoms with E-state index < -0.39 is 11.7 Å².